The fourth-order valence-electron chi connectivity index (χ4n) is 1.17. The molecule has 1 aliphatic rings. The molecule has 1 nitrogen and oxygen atoms in total. The first-order valence-electron chi connectivity index (χ1n) is 3.91. The maximum absolute atomic E-state index is 5.75. The zero-order valence-corrected chi connectivity index (χ0v) is 7.44. The molecule has 1 heterocycles. The fourth-order valence-corrected chi connectivity index (χ4v) is 3.50. The van der Waals surface area contributed by atoms with E-state index in [-0.39, 0.29) is 0 Å². The highest BCUT2D eigenvalue weighted by Crippen LogP contribution is 2.32. The Morgan fingerprint density at radius 3 is 2.44 bits per heavy atom. The van der Waals surface area contributed by atoms with Gasteiger partial charge in [-0.2, -0.15) is 0 Å². The van der Waals surface area contributed by atoms with Gasteiger partial charge in [0.05, 0.1) is 0 Å². The summed E-state index contributed by atoms with van der Waals surface area (Å²) < 4.78 is 5.75. The summed E-state index contributed by atoms with van der Waals surface area (Å²) in [6.45, 7) is 5.53. The lowest BCUT2D eigenvalue weighted by Crippen LogP contribution is -2.41. The zero-order chi connectivity index (χ0) is 6.74. The molecule has 1 saturated heterocycles. The van der Waals surface area contributed by atoms with Crippen LogP contribution in [-0.4, -0.2) is 14.9 Å². The standard InChI is InChI=1S/C7H16OSi/c1-3-5-8-9(2)6-4-7-9/h3-7H2,1-2H3. The molecule has 0 unspecified atom stereocenters. The quantitative estimate of drug-likeness (QED) is 0.553. The Balaban J connectivity index is 2.09. The van der Waals surface area contributed by atoms with Gasteiger partial charge in [0, 0.05) is 6.61 Å². The predicted octanol–water partition coefficient (Wildman–Crippen LogP) is 2.39. The highest BCUT2D eigenvalue weighted by molar-refractivity contribution is 6.75. The molecule has 0 N–H and O–H groups in total. The van der Waals surface area contributed by atoms with Crippen molar-refractivity contribution in [1.29, 1.82) is 0 Å². The third-order valence-corrected chi connectivity index (χ3v) is 5.79. The van der Waals surface area contributed by atoms with Crippen LogP contribution >= 0.6 is 0 Å². The van der Waals surface area contributed by atoms with E-state index in [1.807, 2.05) is 0 Å². The highest BCUT2D eigenvalue weighted by Gasteiger charge is 2.35. The van der Waals surface area contributed by atoms with Crippen molar-refractivity contribution >= 4 is 8.32 Å². The summed E-state index contributed by atoms with van der Waals surface area (Å²) in [5.41, 5.74) is 0. The normalized spacial score (nSPS) is 23.3. The van der Waals surface area contributed by atoms with Gasteiger partial charge in [0.2, 0.25) is 0 Å². The second-order valence-corrected chi connectivity index (χ2v) is 7.34. The van der Waals surface area contributed by atoms with Crippen molar-refractivity contribution in [3.8, 4) is 0 Å². The van der Waals surface area contributed by atoms with E-state index in [2.05, 4.69) is 13.5 Å². The molecule has 9 heavy (non-hydrogen) atoms. The average Bonchev–Trinajstić information content (AvgIpc) is 1.79. The molecule has 0 aromatic heterocycles. The average molecular weight is 144 g/mol. The van der Waals surface area contributed by atoms with E-state index in [9.17, 15) is 0 Å². The first kappa shape index (κ1) is 7.29. The summed E-state index contributed by atoms with van der Waals surface area (Å²) in [7, 11) is -1.02. The molecule has 0 spiro atoms. The van der Waals surface area contributed by atoms with Gasteiger partial charge in [-0.15, -0.1) is 0 Å². The molecule has 1 rings (SSSR count). The summed E-state index contributed by atoms with van der Waals surface area (Å²) in [6.07, 6.45) is 2.61. The molecule has 0 bridgehead atoms. The van der Waals surface area contributed by atoms with Gasteiger partial charge in [0.1, 0.15) is 0 Å². The SMILES string of the molecule is CCCO[Si]1(C)CCC1. The summed E-state index contributed by atoms with van der Waals surface area (Å²) in [5, 5.41) is 0. The van der Waals surface area contributed by atoms with Crippen LogP contribution in [0.4, 0.5) is 0 Å². The monoisotopic (exact) mass is 144 g/mol. The lowest BCUT2D eigenvalue weighted by Gasteiger charge is -2.35. The van der Waals surface area contributed by atoms with Crippen molar-refractivity contribution in [2.45, 2.75) is 38.4 Å². The summed E-state index contributed by atoms with van der Waals surface area (Å²) in [5.74, 6) is 0. The third kappa shape index (κ3) is 1.80. The smallest absolute Gasteiger partial charge is 0.189 e. The van der Waals surface area contributed by atoms with Crippen LogP contribution in [0.1, 0.15) is 19.8 Å². The van der Waals surface area contributed by atoms with E-state index < -0.39 is 8.32 Å². The largest absolute Gasteiger partial charge is 0.417 e. The maximum Gasteiger partial charge on any atom is 0.189 e. The first-order valence-corrected chi connectivity index (χ1v) is 6.73. The molecule has 0 aromatic rings. The Bertz CT molecular complexity index is 88.9. The Morgan fingerprint density at radius 1 is 1.44 bits per heavy atom. The van der Waals surface area contributed by atoms with Crippen molar-refractivity contribution in [2.75, 3.05) is 6.61 Å². The molecule has 0 aliphatic carbocycles. The Kier molecular flexibility index (Phi) is 2.30. The van der Waals surface area contributed by atoms with E-state index in [1.54, 1.807) is 0 Å². The molecule has 0 radical (unpaired) electrons. The molecule has 0 aromatic carbocycles. The Morgan fingerprint density at radius 2 is 2.11 bits per heavy atom. The maximum atomic E-state index is 5.75. The van der Waals surface area contributed by atoms with Crippen LogP contribution in [0.15, 0.2) is 0 Å². The van der Waals surface area contributed by atoms with Crippen LogP contribution in [0.2, 0.25) is 18.6 Å². The molecular formula is C7H16OSi. The molecule has 2 heteroatoms. The van der Waals surface area contributed by atoms with Crippen molar-refractivity contribution in [2.24, 2.45) is 0 Å². The lowest BCUT2D eigenvalue weighted by atomic mass is 10.5. The molecule has 0 saturated carbocycles. The van der Waals surface area contributed by atoms with Crippen molar-refractivity contribution in [3.63, 3.8) is 0 Å². The van der Waals surface area contributed by atoms with E-state index >= 15 is 0 Å². The summed E-state index contributed by atoms with van der Waals surface area (Å²) in [4.78, 5) is 0. The van der Waals surface area contributed by atoms with Crippen molar-refractivity contribution in [1.82, 2.24) is 0 Å². The van der Waals surface area contributed by atoms with Gasteiger partial charge in [-0.25, -0.2) is 0 Å². The van der Waals surface area contributed by atoms with Crippen LogP contribution in [0.25, 0.3) is 0 Å². The van der Waals surface area contributed by atoms with Gasteiger partial charge >= 0.3 is 0 Å². The van der Waals surface area contributed by atoms with Crippen LogP contribution in [-0.2, 0) is 4.43 Å². The predicted molar refractivity (Wildman–Crippen MR) is 42.1 cm³/mol. The van der Waals surface area contributed by atoms with Crippen LogP contribution in [0.5, 0.6) is 0 Å². The minimum absolute atomic E-state index is 1.00. The van der Waals surface area contributed by atoms with E-state index in [0.29, 0.717) is 0 Å². The van der Waals surface area contributed by atoms with Gasteiger partial charge in [-0.05, 0) is 25.1 Å². The molecular weight excluding hydrogens is 128 g/mol. The van der Waals surface area contributed by atoms with Crippen LogP contribution < -0.4 is 0 Å². The lowest BCUT2D eigenvalue weighted by molar-refractivity contribution is 0.290. The minimum atomic E-state index is -1.02. The van der Waals surface area contributed by atoms with Gasteiger partial charge in [-0.3, -0.25) is 0 Å². The molecule has 0 amide bonds. The number of rotatable bonds is 3. The molecule has 1 fully saturated rings. The second-order valence-electron chi connectivity index (χ2n) is 3.15. The Hall–Kier alpha value is 0.177. The fraction of sp³-hybridized carbons (Fsp3) is 1.00. The van der Waals surface area contributed by atoms with Crippen LogP contribution in [0.3, 0.4) is 0 Å². The van der Waals surface area contributed by atoms with Crippen molar-refractivity contribution < 1.29 is 4.43 Å². The summed E-state index contributed by atoms with van der Waals surface area (Å²) >= 11 is 0. The third-order valence-electron chi connectivity index (χ3n) is 2.07. The van der Waals surface area contributed by atoms with Gasteiger partial charge in [-0.1, -0.05) is 13.3 Å². The van der Waals surface area contributed by atoms with E-state index in [0.717, 1.165) is 6.61 Å². The van der Waals surface area contributed by atoms with E-state index in [1.165, 1.54) is 24.9 Å². The minimum Gasteiger partial charge on any atom is -0.417 e. The van der Waals surface area contributed by atoms with Crippen molar-refractivity contribution in [3.05, 3.63) is 0 Å². The zero-order valence-electron chi connectivity index (χ0n) is 6.44. The van der Waals surface area contributed by atoms with Gasteiger partial charge < -0.3 is 4.43 Å². The van der Waals surface area contributed by atoms with Gasteiger partial charge in [0.25, 0.3) is 0 Å². The second kappa shape index (κ2) is 2.84. The summed E-state index contributed by atoms with van der Waals surface area (Å²) in [6, 6.07) is 2.82. The van der Waals surface area contributed by atoms with E-state index in [4.69, 9.17) is 4.43 Å². The number of hydrogen-bond acceptors (Lipinski definition) is 1. The van der Waals surface area contributed by atoms with Crippen LogP contribution in [0, 0.1) is 0 Å². The highest BCUT2D eigenvalue weighted by atomic mass is 28.4. The molecule has 0 atom stereocenters. The molecule has 54 valence electrons. The first-order chi connectivity index (χ1) is 4.27. The Labute approximate surface area is 58.5 Å². The number of hydrogen-bond donors (Lipinski definition) is 0. The topological polar surface area (TPSA) is 9.23 Å². The molecule has 1 aliphatic heterocycles. The van der Waals surface area contributed by atoms with Gasteiger partial charge in [0.15, 0.2) is 8.32 Å².